The molecule has 4 aliphatic rings. The molecule has 7 nitrogen and oxygen atoms in total. The van der Waals surface area contributed by atoms with Crippen LogP contribution >= 0.6 is 0 Å². The predicted molar refractivity (Wildman–Crippen MR) is 471 cm³/mol. The number of hydrogen-bond donors (Lipinski definition) is 0. The molecule has 9 heteroatoms. The molecule has 0 radical (unpaired) electrons. The second-order valence-electron chi connectivity index (χ2n) is 29.4. The fourth-order valence-electron chi connectivity index (χ4n) is 17.9. The molecule has 0 unspecified atom stereocenters. The van der Waals surface area contributed by atoms with E-state index in [4.69, 9.17) is 0 Å². The molecule has 17 aromatic carbocycles. The van der Waals surface area contributed by atoms with Gasteiger partial charge in [0.1, 0.15) is 0 Å². The van der Waals surface area contributed by atoms with Crippen LogP contribution in [0.5, 0.6) is 0 Å². The van der Waals surface area contributed by atoms with Crippen LogP contribution < -0.4 is 67.1 Å². The van der Waals surface area contributed by atoms with Crippen LogP contribution in [0, 0.1) is 13.8 Å². The molecule has 0 N–H and O–H groups in total. The van der Waals surface area contributed by atoms with Crippen LogP contribution in [0.4, 0.5) is 119 Å². The Balaban J connectivity index is 0.683. The molecule has 0 fully saturated rings. The minimum absolute atomic E-state index is 0.0854. The molecule has 0 bridgehead atoms. The molecular weight excluding hydrogens is 1340 g/mol. The third-order valence-corrected chi connectivity index (χ3v) is 22.8. The highest BCUT2D eigenvalue weighted by Crippen LogP contribution is 2.51. The van der Waals surface area contributed by atoms with E-state index in [0.29, 0.717) is 0 Å². The number of aryl methyl sites for hydroxylation is 2. The fourth-order valence-corrected chi connectivity index (χ4v) is 17.9. The molecule has 17 aromatic rings. The Bertz CT molecular complexity index is 6310. The van der Waals surface area contributed by atoms with Gasteiger partial charge in [0.25, 0.3) is 13.4 Å². The van der Waals surface area contributed by atoms with Gasteiger partial charge in [0.05, 0.1) is 0 Å². The van der Waals surface area contributed by atoms with Gasteiger partial charge in [-0.3, -0.25) is 0 Å². The smallest absolute Gasteiger partial charge is 0.252 e. The van der Waals surface area contributed by atoms with Crippen molar-refractivity contribution in [2.75, 3.05) is 34.3 Å². The van der Waals surface area contributed by atoms with E-state index in [1.54, 1.807) is 0 Å². The van der Waals surface area contributed by atoms with Crippen LogP contribution in [-0.4, -0.2) is 13.4 Å². The summed E-state index contributed by atoms with van der Waals surface area (Å²) in [6.45, 7) is 4.15. The van der Waals surface area contributed by atoms with E-state index in [1.165, 1.54) is 60.4 Å². The van der Waals surface area contributed by atoms with Crippen molar-refractivity contribution < 1.29 is 0 Å². The number of anilines is 21. The van der Waals surface area contributed by atoms with Crippen molar-refractivity contribution in [1.29, 1.82) is 0 Å². The normalized spacial score (nSPS) is 12.7. The Morgan fingerprint density at radius 2 is 0.523 bits per heavy atom. The molecule has 0 saturated heterocycles. The molecule has 0 aromatic heterocycles. The van der Waals surface area contributed by atoms with Crippen molar-refractivity contribution >= 4 is 176 Å². The predicted octanol–water partition coefficient (Wildman–Crippen LogP) is 23.7. The Kier molecular flexibility index (Phi) is 15.8. The van der Waals surface area contributed by atoms with E-state index in [2.05, 4.69) is 455 Å². The lowest BCUT2D eigenvalue weighted by molar-refractivity contribution is 1.23. The summed E-state index contributed by atoms with van der Waals surface area (Å²) in [5, 5.41) is 2.46. The van der Waals surface area contributed by atoms with Crippen molar-refractivity contribution in [2.24, 2.45) is 0 Å². The summed E-state index contributed by atoms with van der Waals surface area (Å²) in [6.07, 6.45) is 0. The van der Waals surface area contributed by atoms with Gasteiger partial charge in [0.2, 0.25) is 0 Å². The summed E-state index contributed by atoms with van der Waals surface area (Å²) in [5.74, 6) is 0. The Hall–Kier alpha value is -14.3. The molecule has 0 amide bonds. The average Bonchev–Trinajstić information content (AvgIpc) is 0.686. The number of hydrogen-bond acceptors (Lipinski definition) is 7. The van der Waals surface area contributed by atoms with Crippen LogP contribution in [0.15, 0.2) is 406 Å². The van der Waals surface area contributed by atoms with E-state index < -0.39 is 0 Å². The maximum atomic E-state index is 2.53. The van der Waals surface area contributed by atoms with Crippen LogP contribution in [-0.2, 0) is 0 Å². The Morgan fingerprint density at radius 3 is 0.955 bits per heavy atom. The number of fused-ring (bicyclic) bond motifs is 10. The summed E-state index contributed by atoms with van der Waals surface area (Å²) in [6, 6.07) is 150. The van der Waals surface area contributed by atoms with Crippen LogP contribution in [0.25, 0.3) is 21.9 Å². The van der Waals surface area contributed by atoms with Gasteiger partial charge in [-0.05, 0) is 257 Å². The van der Waals surface area contributed by atoms with E-state index in [0.717, 1.165) is 125 Å². The highest BCUT2D eigenvalue weighted by molar-refractivity contribution is 7.02. The summed E-state index contributed by atoms with van der Waals surface area (Å²) in [4.78, 5) is 17.2. The largest absolute Gasteiger partial charge is 0.311 e. The first-order chi connectivity index (χ1) is 54.9. The maximum absolute atomic E-state index is 2.53. The lowest BCUT2D eigenvalue weighted by Gasteiger charge is -2.44. The lowest BCUT2D eigenvalue weighted by atomic mass is 9.33. The first-order valence-corrected chi connectivity index (χ1v) is 38.4. The third-order valence-electron chi connectivity index (χ3n) is 22.8. The van der Waals surface area contributed by atoms with Crippen LogP contribution in [0.2, 0.25) is 0 Å². The van der Waals surface area contributed by atoms with Gasteiger partial charge in [0.15, 0.2) is 0 Å². The van der Waals surface area contributed by atoms with Crippen LogP contribution in [0.1, 0.15) is 11.1 Å². The van der Waals surface area contributed by atoms with E-state index in [9.17, 15) is 0 Å². The zero-order valence-electron chi connectivity index (χ0n) is 61.5. The van der Waals surface area contributed by atoms with Gasteiger partial charge in [-0.1, -0.05) is 230 Å². The van der Waals surface area contributed by atoms with Crippen molar-refractivity contribution in [1.82, 2.24) is 0 Å². The first kappa shape index (κ1) is 65.1. The fraction of sp³-hybridized carbons (Fsp3) is 0.0196. The van der Waals surface area contributed by atoms with Crippen molar-refractivity contribution in [3.63, 3.8) is 0 Å². The van der Waals surface area contributed by atoms with Gasteiger partial charge >= 0.3 is 0 Å². The molecular formula is C102H73B2N7. The molecule has 4 aliphatic heterocycles. The second-order valence-corrected chi connectivity index (χ2v) is 29.4. The zero-order valence-corrected chi connectivity index (χ0v) is 61.5. The third kappa shape index (κ3) is 11.0. The Morgan fingerprint density at radius 1 is 0.198 bits per heavy atom. The van der Waals surface area contributed by atoms with Crippen LogP contribution in [0.3, 0.4) is 0 Å². The number of benzene rings is 17. The van der Waals surface area contributed by atoms with E-state index >= 15 is 0 Å². The second kappa shape index (κ2) is 26.9. The maximum Gasteiger partial charge on any atom is 0.252 e. The summed E-state index contributed by atoms with van der Waals surface area (Å²) in [5.41, 5.74) is 35.6. The number of nitrogens with zero attached hydrogens (tertiary/aromatic N) is 7. The molecule has 0 atom stereocenters. The summed E-state index contributed by atoms with van der Waals surface area (Å²) < 4.78 is 0. The van der Waals surface area contributed by atoms with Gasteiger partial charge in [0, 0.05) is 119 Å². The minimum atomic E-state index is -0.103. The van der Waals surface area contributed by atoms with E-state index in [-0.39, 0.29) is 13.4 Å². The minimum Gasteiger partial charge on any atom is -0.311 e. The quantitative estimate of drug-likeness (QED) is 0.1000. The van der Waals surface area contributed by atoms with Crippen molar-refractivity contribution in [3.8, 4) is 11.1 Å². The average molecular weight is 1420 g/mol. The van der Waals surface area contributed by atoms with E-state index in [1.807, 2.05) is 0 Å². The summed E-state index contributed by atoms with van der Waals surface area (Å²) >= 11 is 0. The van der Waals surface area contributed by atoms with Gasteiger partial charge in [-0.2, -0.15) is 0 Å². The highest BCUT2D eigenvalue weighted by atomic mass is 15.2. The number of para-hydroxylation sites is 6. The number of rotatable bonds is 14. The monoisotopic (exact) mass is 1420 g/mol. The zero-order chi connectivity index (χ0) is 73.6. The van der Waals surface area contributed by atoms with Gasteiger partial charge < -0.3 is 34.3 Å². The lowest BCUT2D eigenvalue weighted by Crippen LogP contribution is -2.61. The first-order valence-electron chi connectivity index (χ1n) is 38.4. The molecule has 0 aliphatic carbocycles. The standard InChI is InChI=1S/C102H73B2N7/c1-70-46-53-82(54-47-70)109-92-42-24-43-93-101(92)103(89-62-59-85(67-97(89)109)105(75-28-9-3-10-29-75)76-30-11-4-12-31-76)90-63-60-87(68-98(90)110(93)83-55-48-71(2)49-56-83)107(79-36-17-7-18-37-79)81-57-50-72(51-58-81)74-27-23-40-84(66-74)111-95-45-25-44-94-102(95)104(100-88-41-22-21-26-73(88)52-65-96(100)111)91-64-61-86(69-99(91)108(94)80-38-19-8-20-39-80)106(77-32-13-5-14-33-77)78-34-15-6-16-35-78/h3-69H,1-2H3. The summed E-state index contributed by atoms with van der Waals surface area (Å²) in [7, 11) is 0. The Labute approximate surface area is 649 Å². The molecule has 0 spiro atoms. The molecule has 4 heterocycles. The van der Waals surface area contributed by atoms with Crippen molar-refractivity contribution in [2.45, 2.75) is 13.8 Å². The van der Waals surface area contributed by atoms with Gasteiger partial charge in [-0.25, -0.2) is 0 Å². The highest BCUT2D eigenvalue weighted by Gasteiger charge is 2.46. The molecule has 522 valence electrons. The molecule has 111 heavy (non-hydrogen) atoms. The molecule has 0 saturated carbocycles. The SMILES string of the molecule is Cc1ccc(N2c3cc(N(c4ccccc4)c4ccccc4)ccc3B3c4ccc(N(c5ccccc5)c5ccc(-c6cccc(N7c8cccc9c8B(c8ccc(N(c%10ccccc%10)c%10ccccc%10)cc8N9c8ccccc8)c8c7ccc7ccccc87)c6)cc5)cc4N(c4ccc(C)cc4)c4cccc2c43)cc1. The molecule has 21 rings (SSSR count). The topological polar surface area (TPSA) is 22.7 Å². The van der Waals surface area contributed by atoms with Gasteiger partial charge in [-0.15, -0.1) is 0 Å². The van der Waals surface area contributed by atoms with Crippen molar-refractivity contribution in [3.05, 3.63) is 418 Å².